The average Bonchev–Trinajstić information content (AvgIpc) is 3.07. The van der Waals surface area contributed by atoms with Crippen LogP contribution in [0.1, 0.15) is 40.4 Å². The van der Waals surface area contributed by atoms with Crippen LogP contribution in [0.4, 0.5) is 11.4 Å². The number of imide groups is 1. The van der Waals surface area contributed by atoms with Gasteiger partial charge in [-0.1, -0.05) is 48.9 Å². The summed E-state index contributed by atoms with van der Waals surface area (Å²) in [5, 5.41) is 2.91. The SMILES string of the molecule is CCc1cccc(NC(=O)c2cccc(/C=C3\CC(=O)N(c4ccc(C)cc4)C3=O)c2)c1. The van der Waals surface area contributed by atoms with Crippen molar-refractivity contribution in [2.24, 2.45) is 0 Å². The second-order valence-corrected chi connectivity index (χ2v) is 7.85. The number of hydrogen-bond acceptors (Lipinski definition) is 3. The lowest BCUT2D eigenvalue weighted by molar-refractivity contribution is -0.120. The maximum absolute atomic E-state index is 12.9. The van der Waals surface area contributed by atoms with E-state index in [1.54, 1.807) is 36.4 Å². The van der Waals surface area contributed by atoms with Crippen molar-refractivity contribution in [3.8, 4) is 0 Å². The lowest BCUT2D eigenvalue weighted by Gasteiger charge is -2.13. The van der Waals surface area contributed by atoms with Gasteiger partial charge in [0.1, 0.15) is 0 Å². The molecule has 0 aromatic heterocycles. The number of rotatable bonds is 5. The first-order chi connectivity index (χ1) is 15.4. The van der Waals surface area contributed by atoms with E-state index >= 15 is 0 Å². The molecule has 1 heterocycles. The highest BCUT2D eigenvalue weighted by Gasteiger charge is 2.34. The largest absolute Gasteiger partial charge is 0.322 e. The van der Waals surface area contributed by atoms with E-state index in [4.69, 9.17) is 0 Å². The van der Waals surface area contributed by atoms with Crippen molar-refractivity contribution in [3.05, 3.63) is 101 Å². The number of hydrogen-bond donors (Lipinski definition) is 1. The number of carbonyl (C=O) groups is 3. The van der Waals surface area contributed by atoms with Crippen LogP contribution >= 0.6 is 0 Å². The van der Waals surface area contributed by atoms with Gasteiger partial charge in [0.15, 0.2) is 0 Å². The van der Waals surface area contributed by atoms with Gasteiger partial charge in [0.05, 0.1) is 12.1 Å². The van der Waals surface area contributed by atoms with Crippen LogP contribution in [-0.2, 0) is 16.0 Å². The van der Waals surface area contributed by atoms with Crippen molar-refractivity contribution in [1.29, 1.82) is 0 Å². The molecule has 1 aliphatic heterocycles. The predicted octanol–water partition coefficient (Wildman–Crippen LogP) is 5.16. The summed E-state index contributed by atoms with van der Waals surface area (Å²) in [7, 11) is 0. The Balaban J connectivity index is 1.54. The van der Waals surface area contributed by atoms with E-state index in [1.165, 1.54) is 4.90 Å². The molecule has 0 unspecified atom stereocenters. The molecule has 4 rings (SSSR count). The first-order valence-corrected chi connectivity index (χ1v) is 10.6. The summed E-state index contributed by atoms with van der Waals surface area (Å²) in [4.78, 5) is 39.3. The third-order valence-corrected chi connectivity index (χ3v) is 5.44. The molecule has 1 saturated heterocycles. The summed E-state index contributed by atoms with van der Waals surface area (Å²) in [6.07, 6.45) is 2.61. The molecule has 0 aliphatic carbocycles. The molecule has 3 amide bonds. The molecular formula is C27H24N2O3. The third-order valence-electron chi connectivity index (χ3n) is 5.44. The minimum Gasteiger partial charge on any atom is -0.322 e. The van der Waals surface area contributed by atoms with E-state index in [9.17, 15) is 14.4 Å². The fraction of sp³-hybridized carbons (Fsp3) is 0.148. The molecule has 3 aromatic carbocycles. The fourth-order valence-corrected chi connectivity index (χ4v) is 3.69. The first-order valence-electron chi connectivity index (χ1n) is 10.6. The maximum Gasteiger partial charge on any atom is 0.261 e. The fourth-order valence-electron chi connectivity index (χ4n) is 3.69. The van der Waals surface area contributed by atoms with Crippen molar-refractivity contribution in [1.82, 2.24) is 0 Å². The molecule has 0 radical (unpaired) electrons. The van der Waals surface area contributed by atoms with Gasteiger partial charge < -0.3 is 5.32 Å². The van der Waals surface area contributed by atoms with Crippen LogP contribution in [0.3, 0.4) is 0 Å². The topological polar surface area (TPSA) is 66.5 Å². The van der Waals surface area contributed by atoms with Crippen LogP contribution in [0.2, 0.25) is 0 Å². The van der Waals surface area contributed by atoms with Crippen LogP contribution in [0, 0.1) is 6.92 Å². The van der Waals surface area contributed by atoms with Crippen molar-refractivity contribution < 1.29 is 14.4 Å². The molecule has 0 spiro atoms. The Morgan fingerprint density at radius 2 is 1.75 bits per heavy atom. The van der Waals surface area contributed by atoms with Crippen LogP contribution in [0.15, 0.2) is 78.4 Å². The Morgan fingerprint density at radius 1 is 1.00 bits per heavy atom. The highest BCUT2D eigenvalue weighted by molar-refractivity contribution is 6.29. The molecule has 0 bridgehead atoms. The van der Waals surface area contributed by atoms with E-state index in [0.717, 1.165) is 23.2 Å². The van der Waals surface area contributed by atoms with Gasteiger partial charge >= 0.3 is 0 Å². The summed E-state index contributed by atoms with van der Waals surface area (Å²) in [6, 6.07) is 22.0. The number of anilines is 2. The standard InChI is InChI=1S/C27H24N2O3/c1-3-19-6-5-9-23(16-19)28-26(31)21-8-4-7-20(14-21)15-22-17-25(30)29(27(22)32)24-12-10-18(2)11-13-24/h4-16H,3,17H2,1-2H3,(H,28,31)/b22-15+. The van der Waals surface area contributed by atoms with Gasteiger partial charge in [0.25, 0.3) is 11.8 Å². The van der Waals surface area contributed by atoms with Crippen molar-refractivity contribution in [3.63, 3.8) is 0 Å². The summed E-state index contributed by atoms with van der Waals surface area (Å²) in [6.45, 7) is 4.01. The first kappa shape index (κ1) is 21.2. The molecule has 32 heavy (non-hydrogen) atoms. The number of benzene rings is 3. The van der Waals surface area contributed by atoms with Gasteiger partial charge in [-0.25, -0.2) is 4.90 Å². The lowest BCUT2D eigenvalue weighted by atomic mass is 10.1. The van der Waals surface area contributed by atoms with E-state index in [0.29, 0.717) is 22.4 Å². The second kappa shape index (κ2) is 9.02. The van der Waals surface area contributed by atoms with Crippen molar-refractivity contribution in [2.45, 2.75) is 26.7 Å². The van der Waals surface area contributed by atoms with E-state index in [1.807, 2.05) is 49.4 Å². The Kier molecular flexibility index (Phi) is 5.99. The maximum atomic E-state index is 12.9. The van der Waals surface area contributed by atoms with Gasteiger partial charge in [-0.15, -0.1) is 0 Å². The lowest BCUT2D eigenvalue weighted by Crippen LogP contribution is -2.28. The molecule has 5 nitrogen and oxygen atoms in total. The van der Waals surface area contributed by atoms with Crippen LogP contribution in [-0.4, -0.2) is 17.7 Å². The Bertz CT molecular complexity index is 1230. The summed E-state index contributed by atoms with van der Waals surface area (Å²) >= 11 is 0. The number of nitrogens with one attached hydrogen (secondary N) is 1. The van der Waals surface area contributed by atoms with Crippen LogP contribution in [0.5, 0.6) is 0 Å². The zero-order valence-electron chi connectivity index (χ0n) is 18.1. The third kappa shape index (κ3) is 4.52. The summed E-state index contributed by atoms with van der Waals surface area (Å²) < 4.78 is 0. The molecule has 1 aliphatic rings. The Hall–Kier alpha value is -3.99. The van der Waals surface area contributed by atoms with Gasteiger partial charge in [-0.3, -0.25) is 14.4 Å². The number of carbonyl (C=O) groups excluding carboxylic acids is 3. The second-order valence-electron chi connectivity index (χ2n) is 7.85. The van der Waals surface area contributed by atoms with Gasteiger partial charge in [-0.05, 0) is 66.9 Å². The van der Waals surface area contributed by atoms with E-state index in [-0.39, 0.29) is 24.1 Å². The molecule has 1 fully saturated rings. The zero-order valence-corrected chi connectivity index (χ0v) is 18.1. The normalized spacial score (nSPS) is 14.8. The molecular weight excluding hydrogens is 400 g/mol. The minimum absolute atomic E-state index is 0.0347. The molecule has 5 heteroatoms. The average molecular weight is 425 g/mol. The Morgan fingerprint density at radius 3 is 2.50 bits per heavy atom. The van der Waals surface area contributed by atoms with E-state index < -0.39 is 0 Å². The highest BCUT2D eigenvalue weighted by Crippen LogP contribution is 2.28. The molecule has 1 N–H and O–H groups in total. The molecule has 160 valence electrons. The van der Waals surface area contributed by atoms with Crippen molar-refractivity contribution >= 4 is 35.2 Å². The summed E-state index contributed by atoms with van der Waals surface area (Å²) in [5.74, 6) is -0.812. The van der Waals surface area contributed by atoms with Gasteiger partial charge in [0, 0.05) is 16.8 Å². The number of aryl methyl sites for hydroxylation is 2. The zero-order chi connectivity index (χ0) is 22.7. The minimum atomic E-state index is -0.329. The smallest absolute Gasteiger partial charge is 0.261 e. The van der Waals surface area contributed by atoms with E-state index in [2.05, 4.69) is 12.2 Å². The molecule has 0 saturated carbocycles. The van der Waals surface area contributed by atoms with Crippen molar-refractivity contribution in [2.75, 3.05) is 10.2 Å². The quantitative estimate of drug-likeness (QED) is 0.455. The highest BCUT2D eigenvalue weighted by atomic mass is 16.2. The monoisotopic (exact) mass is 424 g/mol. The number of amides is 3. The summed E-state index contributed by atoms with van der Waals surface area (Å²) in [5.41, 5.74) is 5.09. The Labute approximate surface area is 187 Å². The number of nitrogens with zero attached hydrogens (tertiary/aromatic N) is 1. The van der Waals surface area contributed by atoms with Gasteiger partial charge in [-0.2, -0.15) is 0 Å². The molecule has 0 atom stereocenters. The van der Waals surface area contributed by atoms with Crippen LogP contribution in [0.25, 0.3) is 6.08 Å². The van der Waals surface area contributed by atoms with Gasteiger partial charge in [0.2, 0.25) is 5.91 Å². The predicted molar refractivity (Wildman–Crippen MR) is 126 cm³/mol. The molecule has 3 aromatic rings. The van der Waals surface area contributed by atoms with Crippen LogP contribution < -0.4 is 10.2 Å².